The van der Waals surface area contributed by atoms with Crippen LogP contribution in [0.25, 0.3) is 0 Å². The fourth-order valence-electron chi connectivity index (χ4n) is 7.49. The van der Waals surface area contributed by atoms with E-state index < -0.39 is 0 Å². The van der Waals surface area contributed by atoms with Crippen molar-refractivity contribution in [1.29, 1.82) is 0 Å². The van der Waals surface area contributed by atoms with Gasteiger partial charge in [0.2, 0.25) is 11.9 Å². The first-order valence-electron chi connectivity index (χ1n) is 16.9. The predicted octanol–water partition coefficient (Wildman–Crippen LogP) is 5.32. The summed E-state index contributed by atoms with van der Waals surface area (Å²) in [6.45, 7) is 12.6. The van der Waals surface area contributed by atoms with Gasteiger partial charge in [0, 0.05) is 51.0 Å². The predicted molar refractivity (Wildman–Crippen MR) is 168 cm³/mol. The van der Waals surface area contributed by atoms with Gasteiger partial charge in [0.05, 0.1) is 12.2 Å². The maximum absolute atomic E-state index is 9.95. The van der Waals surface area contributed by atoms with E-state index in [1.165, 1.54) is 49.7 Å². The van der Waals surface area contributed by atoms with Gasteiger partial charge < -0.3 is 20.0 Å². The third kappa shape index (κ3) is 7.60. The first-order chi connectivity index (χ1) is 20.4. The van der Waals surface area contributed by atoms with Gasteiger partial charge in [-0.3, -0.25) is 0 Å². The first-order valence-corrected chi connectivity index (χ1v) is 16.9. The summed E-state index contributed by atoms with van der Waals surface area (Å²) in [5.74, 6) is 6.04. The average Bonchev–Trinajstić information content (AvgIpc) is 4.00. The number of anilines is 2. The smallest absolute Gasteiger partial charge is 0.225 e. The molecular formula is C34H54N6O2. The van der Waals surface area contributed by atoms with Gasteiger partial charge >= 0.3 is 0 Å². The van der Waals surface area contributed by atoms with E-state index in [-0.39, 0.29) is 12.2 Å². The molecule has 0 radical (unpaired) electrons. The highest BCUT2D eigenvalue weighted by Crippen LogP contribution is 2.51. The van der Waals surface area contributed by atoms with Gasteiger partial charge in [0.1, 0.15) is 0 Å². The van der Waals surface area contributed by atoms with Gasteiger partial charge in [0.25, 0.3) is 0 Å². The van der Waals surface area contributed by atoms with Gasteiger partial charge in [-0.1, -0.05) is 27.7 Å². The van der Waals surface area contributed by atoms with Gasteiger partial charge in [-0.15, -0.1) is 0 Å². The molecule has 2 aliphatic heterocycles. The monoisotopic (exact) mass is 578 g/mol. The molecule has 2 saturated carbocycles. The Morgan fingerprint density at radius 2 is 0.952 bits per heavy atom. The Balaban J connectivity index is 0.000000168. The Labute approximate surface area is 253 Å². The second kappa shape index (κ2) is 14.4. The molecule has 4 aliphatic rings. The number of aliphatic hydroxyl groups excluding tert-OH is 2. The van der Waals surface area contributed by atoms with Crippen molar-refractivity contribution in [2.75, 3.05) is 36.0 Å². The molecule has 2 aliphatic carbocycles. The maximum atomic E-state index is 9.95. The summed E-state index contributed by atoms with van der Waals surface area (Å²) in [5, 5.41) is 19.9. The molecule has 0 bridgehead atoms. The molecule has 4 heterocycles. The van der Waals surface area contributed by atoms with Crippen LogP contribution in [0, 0.1) is 35.5 Å². The topological polar surface area (TPSA) is 98.5 Å². The van der Waals surface area contributed by atoms with Crippen LogP contribution in [0.4, 0.5) is 11.9 Å². The molecule has 0 unspecified atom stereocenters. The first kappa shape index (κ1) is 31.1. The maximum Gasteiger partial charge on any atom is 0.225 e. The van der Waals surface area contributed by atoms with Crippen molar-refractivity contribution < 1.29 is 10.2 Å². The molecule has 8 heteroatoms. The molecule has 4 fully saturated rings. The molecule has 2 aromatic rings. The minimum atomic E-state index is -0.0713. The molecule has 8 nitrogen and oxygen atoms in total. The van der Waals surface area contributed by atoms with Crippen molar-refractivity contribution in [2.45, 2.75) is 104 Å². The number of piperidine rings is 2. The fourth-order valence-corrected chi connectivity index (χ4v) is 7.49. The second-order valence-corrected chi connectivity index (χ2v) is 13.2. The Hall–Kier alpha value is -2.32. The molecule has 232 valence electrons. The molecule has 0 aromatic carbocycles. The van der Waals surface area contributed by atoms with Crippen LogP contribution in [0.3, 0.4) is 0 Å². The van der Waals surface area contributed by atoms with E-state index in [0.29, 0.717) is 11.8 Å². The van der Waals surface area contributed by atoms with Crippen LogP contribution in [0.15, 0.2) is 24.8 Å². The summed E-state index contributed by atoms with van der Waals surface area (Å²) >= 11 is 0. The number of hydrogen-bond donors (Lipinski definition) is 2. The SMILES string of the molecule is CCc1cnc(N2CCC([C@H]3C[C@H]3[C@@H](O)CC)CC2)nc1.CCc1cnc(N2CCC([C@H]3C[C@H]3[C@H](O)CC)CC2)nc1. The quantitative estimate of drug-likeness (QED) is 0.391. The third-order valence-electron chi connectivity index (χ3n) is 10.7. The van der Waals surface area contributed by atoms with Crippen molar-refractivity contribution >= 4 is 11.9 Å². The minimum Gasteiger partial charge on any atom is -0.393 e. The van der Waals surface area contributed by atoms with Crippen LogP contribution >= 0.6 is 0 Å². The molecule has 6 atom stereocenters. The van der Waals surface area contributed by atoms with Crippen molar-refractivity contribution in [2.24, 2.45) is 35.5 Å². The van der Waals surface area contributed by atoms with E-state index in [2.05, 4.69) is 57.4 Å². The highest BCUT2D eigenvalue weighted by molar-refractivity contribution is 5.31. The number of aryl methyl sites for hydroxylation is 2. The molecule has 6 rings (SSSR count). The van der Waals surface area contributed by atoms with Crippen LogP contribution in [0.1, 0.15) is 90.2 Å². The molecule has 2 aromatic heterocycles. The van der Waals surface area contributed by atoms with Crippen LogP contribution < -0.4 is 9.80 Å². The Morgan fingerprint density at radius 1 is 0.619 bits per heavy atom. The lowest BCUT2D eigenvalue weighted by Crippen LogP contribution is -2.35. The van der Waals surface area contributed by atoms with Gasteiger partial charge in [-0.25, -0.2) is 19.9 Å². The van der Waals surface area contributed by atoms with Crippen molar-refractivity contribution in [1.82, 2.24) is 19.9 Å². The van der Waals surface area contributed by atoms with Crippen LogP contribution in [-0.2, 0) is 12.8 Å². The van der Waals surface area contributed by atoms with Crippen molar-refractivity contribution in [3.8, 4) is 0 Å². The van der Waals surface area contributed by atoms with E-state index in [1.807, 2.05) is 24.8 Å². The number of hydrogen-bond acceptors (Lipinski definition) is 8. The molecule has 0 amide bonds. The van der Waals surface area contributed by atoms with Gasteiger partial charge in [0.15, 0.2) is 0 Å². The van der Waals surface area contributed by atoms with Crippen molar-refractivity contribution in [3.63, 3.8) is 0 Å². The van der Waals surface area contributed by atoms with E-state index in [4.69, 9.17) is 0 Å². The lowest BCUT2D eigenvalue weighted by molar-refractivity contribution is 0.132. The van der Waals surface area contributed by atoms with Crippen LogP contribution in [0.5, 0.6) is 0 Å². The van der Waals surface area contributed by atoms with Crippen LogP contribution in [0.2, 0.25) is 0 Å². The number of nitrogens with zero attached hydrogens (tertiary/aromatic N) is 6. The van der Waals surface area contributed by atoms with E-state index in [0.717, 1.165) is 87.4 Å². The van der Waals surface area contributed by atoms with Gasteiger partial charge in [-0.05, 0) is 111 Å². The number of aromatic nitrogens is 4. The average molecular weight is 579 g/mol. The van der Waals surface area contributed by atoms with Gasteiger partial charge in [-0.2, -0.15) is 0 Å². The van der Waals surface area contributed by atoms with E-state index >= 15 is 0 Å². The van der Waals surface area contributed by atoms with E-state index in [9.17, 15) is 10.2 Å². The second-order valence-electron chi connectivity index (χ2n) is 13.2. The molecule has 2 saturated heterocycles. The standard InChI is InChI=1S/2C17H27N3O/c2*1-3-12-10-18-17(19-11-12)20-7-5-13(6-8-20)14-9-15(14)16(21)4-2/h2*10-11,13-16,21H,3-9H2,1-2H3/t14-,15-,16+;14-,15-,16-/m11/s1. The summed E-state index contributed by atoms with van der Waals surface area (Å²) in [7, 11) is 0. The Bertz CT molecular complexity index is 995. The largest absolute Gasteiger partial charge is 0.393 e. The van der Waals surface area contributed by atoms with Crippen molar-refractivity contribution in [3.05, 3.63) is 35.9 Å². The Kier molecular flexibility index (Phi) is 10.7. The molecule has 0 spiro atoms. The third-order valence-corrected chi connectivity index (χ3v) is 10.7. The van der Waals surface area contributed by atoms with Crippen LogP contribution in [-0.4, -0.2) is 68.5 Å². The summed E-state index contributed by atoms with van der Waals surface area (Å²) in [4.78, 5) is 22.6. The zero-order valence-corrected chi connectivity index (χ0v) is 26.4. The lowest BCUT2D eigenvalue weighted by atomic mass is 9.90. The zero-order chi connectivity index (χ0) is 29.6. The number of rotatable bonds is 10. The lowest BCUT2D eigenvalue weighted by Gasteiger charge is -2.32. The zero-order valence-electron chi connectivity index (χ0n) is 26.4. The molecule has 2 N–H and O–H groups in total. The summed E-state index contributed by atoms with van der Waals surface area (Å²) in [6.07, 6.45) is 18.8. The van der Waals surface area contributed by atoms with E-state index in [1.54, 1.807) is 0 Å². The molecular weight excluding hydrogens is 524 g/mol. The Morgan fingerprint density at radius 3 is 1.24 bits per heavy atom. The normalized spacial score (nSPS) is 27.7. The minimum absolute atomic E-state index is 0.0713. The number of aliphatic hydroxyl groups is 2. The summed E-state index contributed by atoms with van der Waals surface area (Å²) < 4.78 is 0. The fraction of sp³-hybridized carbons (Fsp3) is 0.765. The molecule has 42 heavy (non-hydrogen) atoms. The highest BCUT2D eigenvalue weighted by Gasteiger charge is 2.47. The highest BCUT2D eigenvalue weighted by atomic mass is 16.3. The summed E-state index contributed by atoms with van der Waals surface area (Å²) in [5.41, 5.74) is 2.39. The summed E-state index contributed by atoms with van der Waals surface area (Å²) in [6, 6.07) is 0.